The van der Waals surface area contributed by atoms with Gasteiger partial charge in [-0.2, -0.15) is 0 Å². The molecule has 1 heterocycles. The van der Waals surface area contributed by atoms with Gasteiger partial charge in [-0.25, -0.2) is 9.48 Å². The van der Waals surface area contributed by atoms with Gasteiger partial charge in [-0.15, -0.1) is 5.10 Å². The number of rotatable bonds is 7. The van der Waals surface area contributed by atoms with Crippen LogP contribution in [0, 0.1) is 0 Å². The van der Waals surface area contributed by atoms with Crippen LogP contribution in [0.25, 0.3) is 0 Å². The molecule has 0 saturated heterocycles. The summed E-state index contributed by atoms with van der Waals surface area (Å²) in [5.41, 5.74) is 0.976. The van der Waals surface area contributed by atoms with Crippen LogP contribution in [0.1, 0.15) is 35.9 Å². The van der Waals surface area contributed by atoms with E-state index in [2.05, 4.69) is 15.0 Å². The van der Waals surface area contributed by atoms with Gasteiger partial charge in [-0.1, -0.05) is 19.1 Å². The van der Waals surface area contributed by atoms with Crippen LogP contribution in [0.5, 0.6) is 0 Å². The number of ether oxygens (including phenoxy) is 2. The van der Waals surface area contributed by atoms with Crippen molar-refractivity contribution in [3.63, 3.8) is 0 Å². The van der Waals surface area contributed by atoms with Crippen molar-refractivity contribution in [2.45, 2.75) is 26.3 Å². The van der Waals surface area contributed by atoms with E-state index >= 15 is 0 Å². The van der Waals surface area contributed by atoms with Crippen LogP contribution in [0.3, 0.4) is 0 Å². The van der Waals surface area contributed by atoms with Crippen LogP contribution in [-0.2, 0) is 16.0 Å². The third-order valence-electron chi connectivity index (χ3n) is 2.38. The Kier molecular flexibility index (Phi) is 5.73. The van der Waals surface area contributed by atoms with Gasteiger partial charge in [0.2, 0.25) is 0 Å². The Labute approximate surface area is 106 Å². The molecule has 7 nitrogen and oxygen atoms in total. The van der Waals surface area contributed by atoms with E-state index in [0.717, 1.165) is 5.69 Å². The zero-order chi connectivity index (χ0) is 13.5. The molecule has 0 atom stereocenters. The molecule has 0 fully saturated rings. The lowest BCUT2D eigenvalue weighted by Gasteiger charge is -2.10. The van der Waals surface area contributed by atoms with Gasteiger partial charge >= 0.3 is 5.97 Å². The Balaban J connectivity index is 2.79. The minimum atomic E-state index is -0.485. The summed E-state index contributed by atoms with van der Waals surface area (Å²) in [6.07, 6.45) is 0. The average molecular weight is 257 g/mol. The second-order valence-corrected chi connectivity index (χ2v) is 4.03. The van der Waals surface area contributed by atoms with Crippen molar-refractivity contribution in [3.05, 3.63) is 11.4 Å². The molecule has 0 radical (unpaired) electrons. The van der Waals surface area contributed by atoms with Gasteiger partial charge in [0.25, 0.3) is 0 Å². The highest BCUT2D eigenvalue weighted by Crippen LogP contribution is 2.18. The summed E-state index contributed by atoms with van der Waals surface area (Å²) >= 11 is 0. The zero-order valence-corrected chi connectivity index (χ0v) is 10.9. The molecule has 0 unspecified atom stereocenters. The second kappa shape index (κ2) is 7.07. The van der Waals surface area contributed by atoms with Crippen molar-refractivity contribution < 1.29 is 19.4 Å². The Morgan fingerprint density at radius 1 is 1.44 bits per heavy atom. The van der Waals surface area contributed by atoms with E-state index in [1.165, 1.54) is 7.11 Å². The summed E-state index contributed by atoms with van der Waals surface area (Å²) in [7, 11) is 1.32. The van der Waals surface area contributed by atoms with Gasteiger partial charge in [0.05, 0.1) is 39.2 Å². The predicted octanol–water partition coefficient (Wildman–Crippen LogP) is 0.197. The molecule has 0 aliphatic rings. The van der Waals surface area contributed by atoms with Crippen LogP contribution in [0.4, 0.5) is 0 Å². The second-order valence-electron chi connectivity index (χ2n) is 4.03. The Morgan fingerprint density at radius 2 is 2.17 bits per heavy atom. The van der Waals surface area contributed by atoms with Gasteiger partial charge in [0.1, 0.15) is 0 Å². The van der Waals surface area contributed by atoms with Crippen LogP contribution < -0.4 is 0 Å². The number of esters is 1. The van der Waals surface area contributed by atoms with Crippen LogP contribution in [0.2, 0.25) is 0 Å². The zero-order valence-electron chi connectivity index (χ0n) is 10.9. The van der Waals surface area contributed by atoms with Crippen LogP contribution in [-0.4, -0.2) is 53.0 Å². The van der Waals surface area contributed by atoms with Crippen molar-refractivity contribution in [3.8, 4) is 0 Å². The molecular formula is C11H19N3O4. The van der Waals surface area contributed by atoms with E-state index in [1.54, 1.807) is 4.68 Å². The summed E-state index contributed by atoms with van der Waals surface area (Å²) in [5, 5.41) is 16.4. The number of carbonyl (C=O) groups is 1. The minimum absolute atomic E-state index is 0.0121. The quantitative estimate of drug-likeness (QED) is 0.554. The van der Waals surface area contributed by atoms with E-state index in [-0.39, 0.29) is 24.8 Å². The first kappa shape index (κ1) is 14.6. The first-order valence-corrected chi connectivity index (χ1v) is 5.82. The highest BCUT2D eigenvalue weighted by Gasteiger charge is 2.22. The molecule has 0 amide bonds. The van der Waals surface area contributed by atoms with Crippen molar-refractivity contribution in [1.29, 1.82) is 0 Å². The number of methoxy groups -OCH3 is 1. The molecule has 0 saturated carbocycles. The summed E-state index contributed by atoms with van der Waals surface area (Å²) < 4.78 is 11.5. The van der Waals surface area contributed by atoms with Crippen molar-refractivity contribution in [1.82, 2.24) is 15.0 Å². The van der Waals surface area contributed by atoms with Crippen molar-refractivity contribution >= 4 is 5.97 Å². The molecule has 0 spiro atoms. The lowest BCUT2D eigenvalue weighted by atomic mass is 10.1. The Bertz CT molecular complexity index is 390. The molecule has 0 bridgehead atoms. The van der Waals surface area contributed by atoms with E-state index in [4.69, 9.17) is 9.84 Å². The molecule has 0 aromatic carbocycles. The fourth-order valence-electron chi connectivity index (χ4n) is 1.62. The van der Waals surface area contributed by atoms with Gasteiger partial charge in [0.15, 0.2) is 5.69 Å². The molecule has 1 aromatic rings. The molecule has 1 aromatic heterocycles. The third-order valence-corrected chi connectivity index (χ3v) is 2.38. The smallest absolute Gasteiger partial charge is 0.360 e. The first-order chi connectivity index (χ1) is 8.61. The van der Waals surface area contributed by atoms with E-state index in [9.17, 15) is 4.79 Å². The Morgan fingerprint density at radius 3 is 2.72 bits per heavy atom. The third kappa shape index (κ3) is 3.51. The highest BCUT2D eigenvalue weighted by molar-refractivity contribution is 5.88. The number of carbonyl (C=O) groups excluding carboxylic acids is 1. The standard InChI is InChI=1S/C11H19N3O4/c1-8(2)10-9(11(16)17-3)12-13-14(10)4-6-18-7-5-15/h8,15H,4-7H2,1-3H3. The molecule has 1 N–H and O–H groups in total. The maximum atomic E-state index is 11.5. The maximum absolute atomic E-state index is 11.5. The SMILES string of the molecule is COC(=O)c1nnn(CCOCCO)c1C(C)C. The summed E-state index contributed by atoms with van der Waals surface area (Å²) in [5.74, 6) is -0.381. The number of aromatic nitrogens is 3. The van der Waals surface area contributed by atoms with E-state index in [1.807, 2.05) is 13.8 Å². The van der Waals surface area contributed by atoms with Gasteiger partial charge in [0, 0.05) is 0 Å². The van der Waals surface area contributed by atoms with Crippen LogP contribution in [0.15, 0.2) is 0 Å². The topological polar surface area (TPSA) is 86.5 Å². The summed E-state index contributed by atoms with van der Waals surface area (Å²) in [4.78, 5) is 11.5. The number of hydrogen-bond acceptors (Lipinski definition) is 6. The first-order valence-electron chi connectivity index (χ1n) is 5.82. The monoisotopic (exact) mass is 257 g/mol. The van der Waals surface area contributed by atoms with Gasteiger partial charge in [-0.3, -0.25) is 0 Å². The van der Waals surface area contributed by atoms with Gasteiger partial charge < -0.3 is 14.6 Å². The summed E-state index contributed by atoms with van der Waals surface area (Å²) in [6, 6.07) is 0. The molecule has 102 valence electrons. The lowest BCUT2D eigenvalue weighted by Crippen LogP contribution is -2.14. The minimum Gasteiger partial charge on any atom is -0.464 e. The molecule has 0 aliphatic heterocycles. The highest BCUT2D eigenvalue weighted by atomic mass is 16.5. The average Bonchev–Trinajstić information content (AvgIpc) is 2.77. The van der Waals surface area contributed by atoms with Gasteiger partial charge in [-0.05, 0) is 5.92 Å². The molecule has 7 heteroatoms. The predicted molar refractivity (Wildman–Crippen MR) is 63.4 cm³/mol. The fourth-order valence-corrected chi connectivity index (χ4v) is 1.62. The molecular weight excluding hydrogens is 238 g/mol. The van der Waals surface area contributed by atoms with E-state index in [0.29, 0.717) is 13.2 Å². The fraction of sp³-hybridized carbons (Fsp3) is 0.727. The number of hydrogen-bond donors (Lipinski definition) is 1. The molecule has 18 heavy (non-hydrogen) atoms. The molecule has 0 aliphatic carbocycles. The largest absolute Gasteiger partial charge is 0.464 e. The van der Waals surface area contributed by atoms with Crippen molar-refractivity contribution in [2.75, 3.05) is 26.9 Å². The maximum Gasteiger partial charge on any atom is 0.360 e. The summed E-state index contributed by atoms with van der Waals surface area (Å²) in [6.45, 7) is 5.07. The normalized spacial score (nSPS) is 10.9. The molecule has 1 rings (SSSR count). The Hall–Kier alpha value is -1.47. The number of aliphatic hydroxyl groups excluding tert-OH is 1. The number of aliphatic hydroxyl groups is 1. The lowest BCUT2D eigenvalue weighted by molar-refractivity contribution is 0.0591. The van der Waals surface area contributed by atoms with Crippen molar-refractivity contribution in [2.24, 2.45) is 0 Å². The van der Waals surface area contributed by atoms with E-state index < -0.39 is 5.97 Å². The van der Waals surface area contributed by atoms with Crippen LogP contribution >= 0.6 is 0 Å². The number of nitrogens with zero attached hydrogens (tertiary/aromatic N) is 3.